The van der Waals surface area contributed by atoms with E-state index in [1.165, 1.54) is 6.07 Å². The molecule has 0 unspecified atom stereocenters. The molecule has 2 aromatic carbocycles. The summed E-state index contributed by atoms with van der Waals surface area (Å²) in [5.41, 5.74) is 0.738. The van der Waals surface area contributed by atoms with Crippen molar-refractivity contribution >= 4 is 18.5 Å². The van der Waals surface area contributed by atoms with Crippen LogP contribution in [-0.2, 0) is 6.54 Å². The third-order valence-corrected chi connectivity index (χ3v) is 2.83. The van der Waals surface area contributed by atoms with Crippen LogP contribution in [0.3, 0.4) is 0 Å². The predicted molar refractivity (Wildman–Crippen MR) is 73.8 cm³/mol. The van der Waals surface area contributed by atoms with Gasteiger partial charge in [-0.15, -0.1) is 0 Å². The fourth-order valence-corrected chi connectivity index (χ4v) is 1.75. The van der Waals surface area contributed by atoms with Gasteiger partial charge in [-0.25, -0.2) is 4.39 Å². The van der Waals surface area contributed by atoms with Gasteiger partial charge in [-0.2, -0.15) is 0 Å². The molecule has 0 aliphatic carbocycles. The minimum atomic E-state index is -1.74. The molecule has 0 saturated heterocycles. The normalized spacial score (nSPS) is 10.2. The Kier molecular flexibility index (Phi) is 4.50. The molecule has 6 heteroatoms. The van der Waals surface area contributed by atoms with Gasteiger partial charge in [0.2, 0.25) is 0 Å². The van der Waals surface area contributed by atoms with Crippen LogP contribution >= 0.6 is 0 Å². The number of rotatable bonds is 4. The summed E-state index contributed by atoms with van der Waals surface area (Å²) >= 11 is 0. The SMILES string of the molecule is O=C(NCc1ccccc1)c1cc(B(O)O)ccc1F. The molecule has 0 fully saturated rings. The predicted octanol–water partition coefficient (Wildman–Crippen LogP) is 0.435. The largest absolute Gasteiger partial charge is 0.488 e. The third kappa shape index (κ3) is 3.43. The van der Waals surface area contributed by atoms with Crippen molar-refractivity contribution in [1.29, 1.82) is 0 Å². The number of benzene rings is 2. The van der Waals surface area contributed by atoms with E-state index >= 15 is 0 Å². The lowest BCUT2D eigenvalue weighted by molar-refractivity contribution is 0.0947. The molecule has 0 aromatic heterocycles. The molecule has 3 N–H and O–H groups in total. The van der Waals surface area contributed by atoms with Gasteiger partial charge in [0, 0.05) is 6.54 Å². The van der Waals surface area contributed by atoms with Crippen LogP contribution in [0.15, 0.2) is 48.5 Å². The lowest BCUT2D eigenvalue weighted by atomic mass is 9.79. The van der Waals surface area contributed by atoms with Gasteiger partial charge in [0.1, 0.15) is 5.82 Å². The van der Waals surface area contributed by atoms with Gasteiger partial charge in [-0.05, 0) is 23.2 Å². The number of hydrogen-bond donors (Lipinski definition) is 3. The van der Waals surface area contributed by atoms with Gasteiger partial charge >= 0.3 is 7.12 Å². The second-order valence-electron chi connectivity index (χ2n) is 4.28. The fourth-order valence-electron chi connectivity index (χ4n) is 1.75. The zero-order valence-electron chi connectivity index (χ0n) is 10.6. The van der Waals surface area contributed by atoms with Gasteiger partial charge in [0.15, 0.2) is 0 Å². The van der Waals surface area contributed by atoms with Gasteiger partial charge in [0.05, 0.1) is 5.56 Å². The lowest BCUT2D eigenvalue weighted by Crippen LogP contribution is -2.32. The number of amides is 1. The maximum Gasteiger partial charge on any atom is 0.488 e. The van der Waals surface area contributed by atoms with E-state index in [2.05, 4.69) is 5.32 Å². The van der Waals surface area contributed by atoms with Crippen LogP contribution in [0.5, 0.6) is 0 Å². The summed E-state index contributed by atoms with van der Waals surface area (Å²) in [4.78, 5) is 11.9. The Labute approximate surface area is 116 Å². The summed E-state index contributed by atoms with van der Waals surface area (Å²) in [6.07, 6.45) is 0. The Bertz CT molecular complexity index is 605. The first-order valence-corrected chi connectivity index (χ1v) is 6.05. The van der Waals surface area contributed by atoms with E-state index in [9.17, 15) is 9.18 Å². The number of hydrogen-bond acceptors (Lipinski definition) is 3. The zero-order chi connectivity index (χ0) is 14.5. The van der Waals surface area contributed by atoms with Crippen molar-refractivity contribution in [3.63, 3.8) is 0 Å². The molecule has 102 valence electrons. The molecule has 0 saturated carbocycles. The Morgan fingerprint density at radius 3 is 2.50 bits per heavy atom. The summed E-state index contributed by atoms with van der Waals surface area (Å²) in [6.45, 7) is 0.269. The van der Waals surface area contributed by atoms with Crippen LogP contribution in [0.2, 0.25) is 0 Å². The average Bonchev–Trinajstić information content (AvgIpc) is 2.46. The highest BCUT2D eigenvalue weighted by molar-refractivity contribution is 6.58. The minimum Gasteiger partial charge on any atom is -0.423 e. The molecule has 0 atom stereocenters. The second-order valence-corrected chi connectivity index (χ2v) is 4.28. The summed E-state index contributed by atoms with van der Waals surface area (Å²) in [5.74, 6) is -1.31. The van der Waals surface area contributed by atoms with E-state index in [1.807, 2.05) is 30.3 Å². The van der Waals surface area contributed by atoms with Gasteiger partial charge < -0.3 is 15.4 Å². The minimum absolute atomic E-state index is 0.0660. The first-order valence-electron chi connectivity index (χ1n) is 6.05. The van der Waals surface area contributed by atoms with Crippen LogP contribution in [0.1, 0.15) is 15.9 Å². The van der Waals surface area contributed by atoms with Crippen LogP contribution in [0.4, 0.5) is 4.39 Å². The molecule has 2 aromatic rings. The van der Waals surface area contributed by atoms with E-state index < -0.39 is 18.8 Å². The Hall–Kier alpha value is -2.18. The first kappa shape index (κ1) is 14.2. The van der Waals surface area contributed by atoms with E-state index in [4.69, 9.17) is 10.0 Å². The van der Waals surface area contributed by atoms with Crippen molar-refractivity contribution in [2.45, 2.75) is 6.54 Å². The maximum atomic E-state index is 13.6. The van der Waals surface area contributed by atoms with E-state index in [0.717, 1.165) is 17.7 Å². The van der Waals surface area contributed by atoms with Crippen molar-refractivity contribution in [3.05, 3.63) is 65.5 Å². The van der Waals surface area contributed by atoms with Gasteiger partial charge in [-0.1, -0.05) is 36.4 Å². The molecule has 1 amide bonds. The quantitative estimate of drug-likeness (QED) is 0.708. The van der Waals surface area contributed by atoms with E-state index in [-0.39, 0.29) is 17.6 Å². The van der Waals surface area contributed by atoms with Crippen molar-refractivity contribution < 1.29 is 19.2 Å². The monoisotopic (exact) mass is 273 g/mol. The number of nitrogens with one attached hydrogen (secondary N) is 1. The molecule has 0 heterocycles. The molecular formula is C14H13BFNO3. The smallest absolute Gasteiger partial charge is 0.423 e. The standard InChI is InChI=1S/C14H13BFNO3/c16-13-7-6-11(15(19)20)8-12(13)14(18)17-9-10-4-2-1-3-5-10/h1-8,19-20H,9H2,(H,17,18). The maximum absolute atomic E-state index is 13.6. The molecular weight excluding hydrogens is 260 g/mol. The molecule has 0 aliphatic rings. The number of carbonyl (C=O) groups is 1. The summed E-state index contributed by atoms with van der Waals surface area (Å²) < 4.78 is 13.6. The Morgan fingerprint density at radius 2 is 1.85 bits per heavy atom. The van der Waals surface area contributed by atoms with Crippen molar-refractivity contribution in [2.24, 2.45) is 0 Å². The highest BCUT2D eigenvalue weighted by Gasteiger charge is 2.17. The average molecular weight is 273 g/mol. The third-order valence-electron chi connectivity index (χ3n) is 2.83. The molecule has 20 heavy (non-hydrogen) atoms. The first-order chi connectivity index (χ1) is 9.58. The molecule has 0 aliphatic heterocycles. The topological polar surface area (TPSA) is 69.6 Å². The second kappa shape index (κ2) is 6.32. The highest BCUT2D eigenvalue weighted by Crippen LogP contribution is 2.06. The number of halogens is 1. The van der Waals surface area contributed by atoms with Crippen molar-refractivity contribution in [1.82, 2.24) is 5.32 Å². The number of carbonyl (C=O) groups excluding carboxylic acids is 1. The van der Waals surface area contributed by atoms with Crippen LogP contribution in [-0.4, -0.2) is 23.1 Å². The summed E-state index contributed by atoms with van der Waals surface area (Å²) in [7, 11) is -1.74. The van der Waals surface area contributed by atoms with Crippen LogP contribution < -0.4 is 10.8 Å². The van der Waals surface area contributed by atoms with Crippen LogP contribution in [0.25, 0.3) is 0 Å². The van der Waals surface area contributed by atoms with Crippen molar-refractivity contribution in [2.75, 3.05) is 0 Å². The molecule has 0 radical (unpaired) electrons. The lowest BCUT2D eigenvalue weighted by Gasteiger charge is -2.08. The molecule has 0 spiro atoms. The molecule has 0 bridgehead atoms. The highest BCUT2D eigenvalue weighted by atomic mass is 19.1. The molecule has 4 nitrogen and oxygen atoms in total. The summed E-state index contributed by atoms with van der Waals surface area (Å²) in [6, 6.07) is 12.6. The van der Waals surface area contributed by atoms with Crippen molar-refractivity contribution in [3.8, 4) is 0 Å². The van der Waals surface area contributed by atoms with E-state index in [1.54, 1.807) is 0 Å². The molecule has 2 rings (SSSR count). The fraction of sp³-hybridized carbons (Fsp3) is 0.0714. The Morgan fingerprint density at radius 1 is 1.15 bits per heavy atom. The van der Waals surface area contributed by atoms with E-state index in [0.29, 0.717) is 0 Å². The van der Waals surface area contributed by atoms with Gasteiger partial charge in [0.25, 0.3) is 5.91 Å². The zero-order valence-corrected chi connectivity index (χ0v) is 10.6. The Balaban J connectivity index is 2.11. The van der Waals surface area contributed by atoms with Gasteiger partial charge in [-0.3, -0.25) is 4.79 Å². The van der Waals surface area contributed by atoms with Crippen LogP contribution in [0, 0.1) is 5.82 Å². The summed E-state index contributed by atoms with van der Waals surface area (Å²) in [5, 5.41) is 20.6.